The molecule has 0 atom stereocenters. The molecule has 0 saturated heterocycles. The Hall–Kier alpha value is -4.69. The summed E-state index contributed by atoms with van der Waals surface area (Å²) in [4.78, 5) is 6.49. The van der Waals surface area contributed by atoms with Crippen molar-refractivity contribution in [2.75, 3.05) is 18.0 Å². The summed E-state index contributed by atoms with van der Waals surface area (Å²) in [6.07, 6.45) is 7.91. The zero-order valence-corrected chi connectivity index (χ0v) is 22.7. The van der Waals surface area contributed by atoms with E-state index in [0.717, 1.165) is 24.2 Å². The van der Waals surface area contributed by atoms with E-state index in [0.29, 0.717) is 0 Å². The zero-order valence-electron chi connectivity index (χ0n) is 22.7. The summed E-state index contributed by atoms with van der Waals surface area (Å²) < 4.78 is 0. The van der Waals surface area contributed by atoms with Crippen LogP contribution in [0.1, 0.15) is 47.2 Å². The summed E-state index contributed by atoms with van der Waals surface area (Å²) in [6, 6.07) is 43.4. The molecule has 1 heterocycles. The van der Waals surface area contributed by atoms with Gasteiger partial charge in [0.1, 0.15) is 0 Å². The number of pyridine rings is 1. The molecule has 5 aromatic rings. The summed E-state index contributed by atoms with van der Waals surface area (Å²) in [5.41, 5.74) is 10.8. The lowest BCUT2D eigenvalue weighted by Gasteiger charge is -2.22. The van der Waals surface area contributed by atoms with Crippen LogP contribution < -0.4 is 4.90 Å². The Balaban J connectivity index is 1.65. The highest BCUT2D eigenvalue weighted by molar-refractivity contribution is 6.04. The highest BCUT2D eigenvalue weighted by atomic mass is 15.1. The van der Waals surface area contributed by atoms with Gasteiger partial charge in [0, 0.05) is 31.2 Å². The van der Waals surface area contributed by atoms with Gasteiger partial charge in [0.05, 0.1) is 0 Å². The molecule has 0 aliphatic heterocycles. The zero-order chi connectivity index (χ0) is 26.9. The van der Waals surface area contributed by atoms with Gasteiger partial charge >= 0.3 is 0 Å². The first-order valence-electron chi connectivity index (χ1n) is 13.7. The van der Waals surface area contributed by atoms with E-state index in [1.54, 1.807) is 0 Å². The van der Waals surface area contributed by atoms with E-state index in [4.69, 9.17) is 0 Å². The van der Waals surface area contributed by atoms with Gasteiger partial charge in [-0.25, -0.2) is 0 Å². The molecule has 0 amide bonds. The quantitative estimate of drug-likeness (QED) is 0.185. The van der Waals surface area contributed by atoms with E-state index >= 15 is 0 Å². The van der Waals surface area contributed by atoms with Gasteiger partial charge in [0.25, 0.3) is 0 Å². The number of hydrogen-bond acceptors (Lipinski definition) is 2. The van der Waals surface area contributed by atoms with Crippen LogP contribution >= 0.6 is 0 Å². The van der Waals surface area contributed by atoms with Gasteiger partial charge in [-0.3, -0.25) is 4.98 Å². The number of aromatic nitrogens is 1. The van der Waals surface area contributed by atoms with Crippen molar-refractivity contribution in [1.29, 1.82) is 0 Å². The summed E-state index contributed by atoms with van der Waals surface area (Å²) >= 11 is 0. The van der Waals surface area contributed by atoms with Crippen molar-refractivity contribution in [3.8, 4) is 0 Å². The molecule has 1 aromatic heterocycles. The molecule has 5 rings (SSSR count). The molecular formula is C37H34N2. The standard InChI is InChI=1S/C37H34N2/c1-3-39(4-2)35-23-21-34(22-24-35)37(32-13-9-6-10-14-32)36(31-11-7-5-8-12-31)33-19-17-29(18-20-33)15-16-30-25-27-38-28-26-30/h5-28H,3-4H2,1-2H3. The molecule has 0 aliphatic carbocycles. The molecule has 2 heteroatoms. The minimum atomic E-state index is 0.994. The van der Waals surface area contributed by atoms with Gasteiger partial charge in [-0.15, -0.1) is 0 Å². The second-order valence-electron chi connectivity index (χ2n) is 9.44. The minimum absolute atomic E-state index is 0.994. The van der Waals surface area contributed by atoms with Crippen molar-refractivity contribution >= 4 is 29.0 Å². The molecule has 0 bridgehead atoms. The van der Waals surface area contributed by atoms with Gasteiger partial charge in [0.15, 0.2) is 0 Å². The maximum atomic E-state index is 4.11. The SMILES string of the molecule is CCN(CC)c1ccc(C(=C(c2ccccc2)c2ccc(C=Cc3ccncc3)cc2)c2ccccc2)cc1. The second kappa shape index (κ2) is 12.7. The molecule has 0 spiro atoms. The van der Waals surface area contributed by atoms with Gasteiger partial charge in [0.2, 0.25) is 0 Å². The Morgan fingerprint density at radius 1 is 0.513 bits per heavy atom. The molecule has 2 nitrogen and oxygen atoms in total. The van der Waals surface area contributed by atoms with Crippen molar-refractivity contribution in [2.24, 2.45) is 0 Å². The molecule has 4 aromatic carbocycles. The van der Waals surface area contributed by atoms with E-state index < -0.39 is 0 Å². The van der Waals surface area contributed by atoms with Crippen LogP contribution in [-0.2, 0) is 0 Å². The fraction of sp³-hybridized carbons (Fsp3) is 0.108. The topological polar surface area (TPSA) is 16.1 Å². The van der Waals surface area contributed by atoms with Crippen molar-refractivity contribution in [1.82, 2.24) is 4.98 Å². The molecule has 0 radical (unpaired) electrons. The van der Waals surface area contributed by atoms with E-state index in [9.17, 15) is 0 Å². The number of rotatable bonds is 9. The summed E-state index contributed by atoms with van der Waals surface area (Å²) in [5.74, 6) is 0. The maximum Gasteiger partial charge on any atom is 0.0366 e. The van der Waals surface area contributed by atoms with Gasteiger partial charge in [-0.1, -0.05) is 109 Å². The number of benzene rings is 4. The van der Waals surface area contributed by atoms with Crippen molar-refractivity contribution in [3.63, 3.8) is 0 Å². The monoisotopic (exact) mass is 506 g/mol. The van der Waals surface area contributed by atoms with Crippen LogP contribution in [0.25, 0.3) is 23.3 Å². The largest absolute Gasteiger partial charge is 0.372 e. The summed E-state index contributed by atoms with van der Waals surface area (Å²) in [5, 5.41) is 0. The van der Waals surface area contributed by atoms with Gasteiger partial charge in [-0.05, 0) is 82.6 Å². The molecular weight excluding hydrogens is 472 g/mol. The van der Waals surface area contributed by atoms with E-state index in [1.165, 1.54) is 39.1 Å². The average molecular weight is 507 g/mol. The molecule has 0 N–H and O–H groups in total. The average Bonchev–Trinajstić information content (AvgIpc) is 3.01. The third kappa shape index (κ3) is 6.25. The minimum Gasteiger partial charge on any atom is -0.372 e. The first-order chi connectivity index (χ1) is 19.3. The van der Waals surface area contributed by atoms with E-state index in [-0.39, 0.29) is 0 Å². The van der Waals surface area contributed by atoms with Crippen molar-refractivity contribution in [2.45, 2.75) is 13.8 Å². The van der Waals surface area contributed by atoms with Gasteiger partial charge < -0.3 is 4.90 Å². The fourth-order valence-corrected chi connectivity index (χ4v) is 4.98. The molecule has 39 heavy (non-hydrogen) atoms. The molecule has 0 unspecified atom stereocenters. The number of anilines is 1. The van der Waals surface area contributed by atoms with Crippen LogP contribution in [0.5, 0.6) is 0 Å². The first kappa shape index (κ1) is 25.9. The molecule has 192 valence electrons. The predicted molar refractivity (Wildman–Crippen MR) is 168 cm³/mol. The lowest BCUT2D eigenvalue weighted by atomic mass is 9.85. The van der Waals surface area contributed by atoms with Gasteiger partial charge in [-0.2, -0.15) is 0 Å². The summed E-state index contributed by atoms with van der Waals surface area (Å²) in [7, 11) is 0. The first-order valence-corrected chi connectivity index (χ1v) is 13.7. The third-order valence-corrected chi connectivity index (χ3v) is 7.03. The molecule has 0 aliphatic rings. The Morgan fingerprint density at radius 3 is 1.38 bits per heavy atom. The smallest absolute Gasteiger partial charge is 0.0366 e. The van der Waals surface area contributed by atoms with Crippen molar-refractivity contribution < 1.29 is 0 Å². The molecule has 0 fully saturated rings. The van der Waals surface area contributed by atoms with Crippen LogP contribution in [0.2, 0.25) is 0 Å². The lowest BCUT2D eigenvalue weighted by Crippen LogP contribution is -2.21. The predicted octanol–water partition coefficient (Wildman–Crippen LogP) is 9.11. The number of hydrogen-bond donors (Lipinski definition) is 0. The lowest BCUT2D eigenvalue weighted by molar-refractivity contribution is 0.866. The highest BCUT2D eigenvalue weighted by Crippen LogP contribution is 2.37. The number of nitrogens with zero attached hydrogens (tertiary/aromatic N) is 2. The van der Waals surface area contributed by atoms with Crippen LogP contribution in [0, 0.1) is 0 Å². The van der Waals surface area contributed by atoms with Crippen LogP contribution in [0.15, 0.2) is 134 Å². The maximum absolute atomic E-state index is 4.11. The second-order valence-corrected chi connectivity index (χ2v) is 9.44. The normalized spacial score (nSPS) is 11.8. The third-order valence-electron chi connectivity index (χ3n) is 7.03. The molecule has 0 saturated carbocycles. The fourth-order valence-electron chi connectivity index (χ4n) is 4.98. The van der Waals surface area contributed by atoms with E-state index in [1.807, 2.05) is 24.5 Å². The Morgan fingerprint density at radius 2 is 0.923 bits per heavy atom. The Kier molecular flexibility index (Phi) is 8.45. The van der Waals surface area contributed by atoms with Crippen LogP contribution in [0.3, 0.4) is 0 Å². The van der Waals surface area contributed by atoms with Crippen molar-refractivity contribution in [3.05, 3.63) is 167 Å². The summed E-state index contributed by atoms with van der Waals surface area (Å²) in [6.45, 7) is 6.40. The van der Waals surface area contributed by atoms with Crippen LogP contribution in [0.4, 0.5) is 5.69 Å². The Labute approximate surface area is 232 Å². The Bertz CT molecular complexity index is 1510. The van der Waals surface area contributed by atoms with E-state index in [2.05, 4.69) is 145 Å². The highest BCUT2D eigenvalue weighted by Gasteiger charge is 2.16. The van der Waals surface area contributed by atoms with Crippen LogP contribution in [-0.4, -0.2) is 18.1 Å².